The fourth-order valence-corrected chi connectivity index (χ4v) is 8.76. The summed E-state index contributed by atoms with van der Waals surface area (Å²) < 4.78 is 89.0. The predicted molar refractivity (Wildman–Crippen MR) is 181 cm³/mol. The van der Waals surface area contributed by atoms with Crippen LogP contribution in [0.25, 0.3) is 21.1 Å². The average molecular weight is 755 g/mol. The first-order valence-corrected chi connectivity index (χ1v) is 18.6. The second-order valence-corrected chi connectivity index (χ2v) is 16.1. The molecule has 18 heteroatoms. The fraction of sp³-hybridized carbons (Fsp3) is 0. The van der Waals surface area contributed by atoms with Crippen LogP contribution in [0.1, 0.15) is 20.7 Å². The van der Waals surface area contributed by atoms with Crippen LogP contribution in [-0.2, 0) is 20.0 Å². The first kappa shape index (κ1) is 34.3. The molecule has 0 aliphatic carbocycles. The second kappa shape index (κ2) is 13.7. The molecule has 0 spiro atoms. The number of carboxylic acids is 1. The smallest absolute Gasteiger partial charge is 0.345 e. The molecule has 4 aromatic carbocycles. The summed E-state index contributed by atoms with van der Waals surface area (Å²) in [5.41, 5.74) is -0.147. The SMILES string of the molecule is O=C(O)c1cc(NS(=O)(=O)c2cnc(-c3ccc(F)cc3)s2)cc(OC(=O)c2ccccc2NS(=O)(=O)c2cnc(-c3ccc(F)cc3)s2)c1. The number of anilines is 2. The maximum absolute atomic E-state index is 13.3. The Balaban J connectivity index is 1.22. The number of ether oxygens (including phenoxy) is 1. The van der Waals surface area contributed by atoms with Gasteiger partial charge in [-0.1, -0.05) is 12.1 Å². The molecule has 0 aliphatic rings. The molecule has 0 radical (unpaired) electrons. The Morgan fingerprint density at radius 3 is 1.76 bits per heavy atom. The minimum absolute atomic E-state index is 0.174. The van der Waals surface area contributed by atoms with Crippen LogP contribution in [0.15, 0.2) is 112 Å². The summed E-state index contributed by atoms with van der Waals surface area (Å²) in [5.74, 6) is -3.87. The first-order chi connectivity index (χ1) is 23.8. The van der Waals surface area contributed by atoms with Gasteiger partial charge in [0.1, 0.15) is 27.4 Å². The van der Waals surface area contributed by atoms with Crippen LogP contribution < -0.4 is 14.2 Å². The van der Waals surface area contributed by atoms with Crippen molar-refractivity contribution in [3.8, 4) is 26.9 Å². The van der Waals surface area contributed by atoms with E-state index < -0.39 is 49.2 Å². The van der Waals surface area contributed by atoms with Gasteiger partial charge >= 0.3 is 11.9 Å². The Kier molecular flexibility index (Phi) is 9.43. The van der Waals surface area contributed by atoms with Crippen LogP contribution in [0.2, 0.25) is 0 Å². The van der Waals surface area contributed by atoms with Crippen LogP contribution >= 0.6 is 22.7 Å². The lowest BCUT2D eigenvalue weighted by Crippen LogP contribution is -2.17. The van der Waals surface area contributed by atoms with Gasteiger partial charge in [0.05, 0.1) is 34.9 Å². The minimum atomic E-state index is -4.32. The number of esters is 1. The summed E-state index contributed by atoms with van der Waals surface area (Å²) in [6, 6.07) is 19.1. The van der Waals surface area contributed by atoms with Crippen LogP contribution in [0.4, 0.5) is 20.2 Å². The number of nitrogens with zero attached hydrogens (tertiary/aromatic N) is 2. The molecule has 0 fully saturated rings. The van der Waals surface area contributed by atoms with E-state index in [-0.39, 0.29) is 36.1 Å². The first-order valence-electron chi connectivity index (χ1n) is 14.0. The van der Waals surface area contributed by atoms with Crippen molar-refractivity contribution in [2.24, 2.45) is 0 Å². The molecule has 6 aromatic rings. The average Bonchev–Trinajstić information content (AvgIpc) is 3.78. The van der Waals surface area contributed by atoms with Crippen molar-refractivity contribution in [2.45, 2.75) is 8.42 Å². The van der Waals surface area contributed by atoms with E-state index in [9.17, 15) is 40.3 Å². The van der Waals surface area contributed by atoms with Gasteiger partial charge in [-0.3, -0.25) is 9.44 Å². The largest absolute Gasteiger partial charge is 0.478 e. The lowest BCUT2D eigenvalue weighted by molar-refractivity contribution is 0.0687. The molecule has 0 bridgehead atoms. The van der Waals surface area contributed by atoms with Gasteiger partial charge in [-0.05, 0) is 72.8 Å². The monoisotopic (exact) mass is 754 g/mol. The molecule has 0 saturated heterocycles. The quantitative estimate of drug-likeness (QED) is 0.0948. The number of benzene rings is 4. The van der Waals surface area contributed by atoms with Gasteiger partial charge in [-0.25, -0.2) is 45.2 Å². The van der Waals surface area contributed by atoms with E-state index in [0.29, 0.717) is 16.1 Å². The van der Waals surface area contributed by atoms with E-state index >= 15 is 0 Å². The maximum Gasteiger partial charge on any atom is 0.345 e. The topological polar surface area (TPSA) is 182 Å². The van der Waals surface area contributed by atoms with Gasteiger partial charge in [0, 0.05) is 17.2 Å². The molecule has 3 N–H and O–H groups in total. The summed E-state index contributed by atoms with van der Waals surface area (Å²) in [5, 5.41) is 10.3. The molecule has 2 aromatic heterocycles. The summed E-state index contributed by atoms with van der Waals surface area (Å²) >= 11 is 1.60. The Morgan fingerprint density at radius 1 is 0.700 bits per heavy atom. The third-order valence-electron chi connectivity index (χ3n) is 6.69. The Bertz CT molecular complexity index is 2470. The van der Waals surface area contributed by atoms with Crippen LogP contribution in [-0.4, -0.2) is 43.8 Å². The molecule has 50 heavy (non-hydrogen) atoms. The van der Waals surface area contributed by atoms with E-state index in [1.807, 2.05) is 0 Å². The highest BCUT2D eigenvalue weighted by molar-refractivity contribution is 7.95. The fourth-order valence-electron chi connectivity index (χ4n) is 4.37. The zero-order valence-corrected chi connectivity index (χ0v) is 28.2. The van der Waals surface area contributed by atoms with Gasteiger partial charge in [0.2, 0.25) is 0 Å². The van der Waals surface area contributed by atoms with Crippen LogP contribution in [0, 0.1) is 11.6 Å². The Hall–Kier alpha value is -5.56. The maximum atomic E-state index is 13.3. The molecule has 0 amide bonds. The Morgan fingerprint density at radius 2 is 1.22 bits per heavy atom. The molecule has 12 nitrogen and oxygen atoms in total. The lowest BCUT2D eigenvalue weighted by Gasteiger charge is -2.13. The number of thiazole rings is 2. The van der Waals surface area contributed by atoms with Gasteiger partial charge in [0.15, 0.2) is 8.42 Å². The highest BCUT2D eigenvalue weighted by Gasteiger charge is 2.24. The number of sulfonamides is 2. The molecule has 254 valence electrons. The number of nitrogens with one attached hydrogen (secondary N) is 2. The van der Waals surface area contributed by atoms with E-state index in [1.54, 1.807) is 0 Å². The van der Waals surface area contributed by atoms with Crippen molar-refractivity contribution in [3.63, 3.8) is 0 Å². The highest BCUT2D eigenvalue weighted by Crippen LogP contribution is 2.32. The zero-order chi connectivity index (χ0) is 35.6. The number of rotatable bonds is 11. The van der Waals surface area contributed by atoms with E-state index in [2.05, 4.69) is 19.4 Å². The van der Waals surface area contributed by atoms with Crippen molar-refractivity contribution in [1.82, 2.24) is 9.97 Å². The molecular weight excluding hydrogens is 735 g/mol. The Labute approximate surface area is 290 Å². The van der Waals surface area contributed by atoms with Crippen molar-refractivity contribution in [2.75, 3.05) is 9.44 Å². The third kappa shape index (κ3) is 7.68. The number of halogens is 2. The number of aromatic carboxylic acids is 1. The number of carboxylic acid groups (broad SMARTS) is 1. The van der Waals surface area contributed by atoms with Crippen LogP contribution in [0.5, 0.6) is 5.75 Å². The number of para-hydroxylation sites is 1. The predicted octanol–water partition coefficient (Wildman–Crippen LogP) is 6.73. The van der Waals surface area contributed by atoms with Crippen molar-refractivity contribution >= 4 is 66.0 Å². The van der Waals surface area contributed by atoms with Gasteiger partial charge in [-0.15, -0.1) is 22.7 Å². The molecule has 0 saturated carbocycles. The summed E-state index contributed by atoms with van der Waals surface area (Å²) in [6.45, 7) is 0. The molecule has 2 heterocycles. The molecular formula is C32H20F2N4O8S4. The highest BCUT2D eigenvalue weighted by atomic mass is 32.3. The normalized spacial score (nSPS) is 11.6. The minimum Gasteiger partial charge on any atom is -0.478 e. The standard InChI is InChI=1S/C32H20F2N4O8S4/c33-21-9-5-18(6-10-21)29-35-16-27(47-29)49(42,43)37-23-13-20(31(39)40)14-24(15-23)46-32(41)25-3-1-2-4-26(25)38-50(44,45)28-17-36-30(48-28)19-7-11-22(34)12-8-19/h1-17,37-38H,(H,39,40). The van der Waals surface area contributed by atoms with E-state index in [1.165, 1.54) is 72.8 Å². The number of hydrogen-bond acceptors (Lipinski definition) is 11. The van der Waals surface area contributed by atoms with Crippen LogP contribution in [0.3, 0.4) is 0 Å². The molecule has 0 aliphatic heterocycles. The molecule has 0 unspecified atom stereocenters. The number of aromatic nitrogens is 2. The van der Waals surface area contributed by atoms with Crippen molar-refractivity contribution < 1.29 is 45.0 Å². The van der Waals surface area contributed by atoms with Gasteiger partial charge in [0.25, 0.3) is 20.0 Å². The van der Waals surface area contributed by atoms with Crippen molar-refractivity contribution in [1.29, 1.82) is 0 Å². The summed E-state index contributed by atoms with van der Waals surface area (Å²) in [6.07, 6.45) is 2.20. The van der Waals surface area contributed by atoms with Crippen molar-refractivity contribution in [3.05, 3.63) is 126 Å². The van der Waals surface area contributed by atoms with E-state index in [0.717, 1.165) is 53.3 Å². The number of carbonyl (C=O) groups excluding carboxylic acids is 1. The second-order valence-electron chi connectivity index (χ2n) is 10.2. The lowest BCUT2D eigenvalue weighted by atomic mass is 10.1. The number of hydrogen-bond donors (Lipinski definition) is 3. The van der Waals surface area contributed by atoms with Gasteiger partial charge in [-0.2, -0.15) is 0 Å². The summed E-state index contributed by atoms with van der Waals surface area (Å²) in [7, 11) is -8.60. The molecule has 0 atom stereocenters. The zero-order valence-electron chi connectivity index (χ0n) is 24.9. The molecule has 6 rings (SSSR count). The van der Waals surface area contributed by atoms with E-state index in [4.69, 9.17) is 4.74 Å². The van der Waals surface area contributed by atoms with Gasteiger partial charge < -0.3 is 9.84 Å². The number of carbonyl (C=O) groups is 2. The summed E-state index contributed by atoms with van der Waals surface area (Å²) in [4.78, 5) is 33.4. The third-order valence-corrected chi connectivity index (χ3v) is 12.5.